The average Bonchev–Trinajstić information content (AvgIpc) is 2.45. The van der Waals surface area contributed by atoms with Gasteiger partial charge in [-0.05, 0) is 24.3 Å². The molecule has 21 heavy (non-hydrogen) atoms. The second-order valence-corrected chi connectivity index (χ2v) is 6.18. The van der Waals surface area contributed by atoms with E-state index in [1.54, 1.807) is 12.1 Å². The van der Waals surface area contributed by atoms with E-state index in [2.05, 4.69) is 0 Å². The minimum absolute atomic E-state index is 0.0734. The zero-order valence-corrected chi connectivity index (χ0v) is 12.4. The van der Waals surface area contributed by atoms with Gasteiger partial charge in [-0.3, -0.25) is 4.79 Å². The molecular formula is C17H21F3O. The zero-order chi connectivity index (χ0) is 15.6. The number of carbonyl (C=O) groups excluding carboxylic acids is 1. The molecule has 1 aromatic carbocycles. The van der Waals surface area contributed by atoms with E-state index in [0.717, 1.165) is 5.56 Å². The summed E-state index contributed by atoms with van der Waals surface area (Å²) >= 11 is 0. The van der Waals surface area contributed by atoms with Crippen LogP contribution in [0.15, 0.2) is 24.3 Å². The van der Waals surface area contributed by atoms with Crippen molar-refractivity contribution in [2.24, 2.45) is 11.8 Å². The lowest BCUT2D eigenvalue weighted by Crippen LogP contribution is -2.37. The fraction of sp³-hybridized carbons (Fsp3) is 0.588. The number of rotatable bonds is 3. The van der Waals surface area contributed by atoms with Crippen LogP contribution in [0.1, 0.15) is 61.4 Å². The SMILES string of the molecule is CC(C)c1ccc(C(=O)C2CCCCC2C(F)(F)F)cc1. The van der Waals surface area contributed by atoms with Crippen LogP contribution in [0.25, 0.3) is 0 Å². The summed E-state index contributed by atoms with van der Waals surface area (Å²) in [4.78, 5) is 12.4. The monoisotopic (exact) mass is 298 g/mol. The smallest absolute Gasteiger partial charge is 0.294 e. The Labute approximate surface area is 123 Å². The fourth-order valence-corrected chi connectivity index (χ4v) is 3.08. The standard InChI is InChI=1S/C17H21F3O/c1-11(2)12-7-9-13(10-8-12)16(21)14-5-3-4-6-15(14)17(18,19)20/h7-11,14-15H,3-6H2,1-2H3. The minimum Gasteiger partial charge on any atom is -0.294 e. The molecule has 1 fully saturated rings. The van der Waals surface area contributed by atoms with Gasteiger partial charge in [0.1, 0.15) is 0 Å². The number of alkyl halides is 3. The molecular weight excluding hydrogens is 277 g/mol. The minimum atomic E-state index is -4.28. The number of hydrogen-bond donors (Lipinski definition) is 0. The van der Waals surface area contributed by atoms with Crippen molar-refractivity contribution in [2.45, 2.75) is 51.6 Å². The van der Waals surface area contributed by atoms with Gasteiger partial charge in [-0.2, -0.15) is 13.2 Å². The van der Waals surface area contributed by atoms with Crippen LogP contribution in [0.2, 0.25) is 0 Å². The van der Waals surface area contributed by atoms with Crippen LogP contribution in [0.3, 0.4) is 0 Å². The van der Waals surface area contributed by atoms with Gasteiger partial charge in [-0.15, -0.1) is 0 Å². The third-order valence-corrected chi connectivity index (χ3v) is 4.39. The van der Waals surface area contributed by atoms with Gasteiger partial charge in [-0.25, -0.2) is 0 Å². The molecule has 2 rings (SSSR count). The Balaban J connectivity index is 2.20. The highest BCUT2D eigenvalue weighted by Gasteiger charge is 2.47. The van der Waals surface area contributed by atoms with Crippen molar-refractivity contribution >= 4 is 5.78 Å². The molecule has 1 nitrogen and oxygen atoms in total. The summed E-state index contributed by atoms with van der Waals surface area (Å²) in [5, 5.41) is 0. The largest absolute Gasteiger partial charge is 0.392 e. The molecule has 1 saturated carbocycles. The molecule has 4 heteroatoms. The van der Waals surface area contributed by atoms with Crippen molar-refractivity contribution in [1.82, 2.24) is 0 Å². The number of halogens is 3. The van der Waals surface area contributed by atoms with E-state index < -0.39 is 18.0 Å². The van der Waals surface area contributed by atoms with E-state index in [1.807, 2.05) is 26.0 Å². The molecule has 1 aromatic rings. The molecule has 1 aliphatic rings. The number of hydrogen-bond acceptors (Lipinski definition) is 1. The highest BCUT2D eigenvalue weighted by Crippen LogP contribution is 2.42. The second kappa shape index (κ2) is 6.20. The molecule has 1 aliphatic carbocycles. The Morgan fingerprint density at radius 1 is 1.10 bits per heavy atom. The lowest BCUT2D eigenvalue weighted by Gasteiger charge is -2.32. The molecule has 0 aromatic heterocycles. The summed E-state index contributed by atoms with van der Waals surface area (Å²) in [6.07, 6.45) is -2.61. The number of Topliss-reactive ketones (excluding diaryl/α,β-unsaturated/α-hetero) is 1. The van der Waals surface area contributed by atoms with Crippen molar-refractivity contribution in [3.63, 3.8) is 0 Å². The van der Waals surface area contributed by atoms with Crippen LogP contribution >= 0.6 is 0 Å². The topological polar surface area (TPSA) is 17.1 Å². The summed E-state index contributed by atoms with van der Waals surface area (Å²) in [6, 6.07) is 7.01. The molecule has 0 aliphatic heterocycles. The first-order chi connectivity index (χ1) is 9.80. The van der Waals surface area contributed by atoms with Crippen molar-refractivity contribution < 1.29 is 18.0 Å². The molecule has 0 heterocycles. The molecule has 0 saturated heterocycles. The van der Waals surface area contributed by atoms with Crippen LogP contribution in [-0.2, 0) is 0 Å². The summed E-state index contributed by atoms with van der Waals surface area (Å²) in [5.41, 5.74) is 1.49. The Morgan fingerprint density at radius 3 is 2.19 bits per heavy atom. The normalized spacial score (nSPS) is 23.3. The summed E-state index contributed by atoms with van der Waals surface area (Å²) in [7, 11) is 0. The zero-order valence-electron chi connectivity index (χ0n) is 12.4. The Hall–Kier alpha value is -1.32. The van der Waals surface area contributed by atoms with E-state index in [1.165, 1.54) is 0 Å². The Morgan fingerprint density at radius 2 is 1.67 bits per heavy atom. The van der Waals surface area contributed by atoms with Gasteiger partial charge >= 0.3 is 6.18 Å². The van der Waals surface area contributed by atoms with Crippen molar-refractivity contribution in [1.29, 1.82) is 0 Å². The third-order valence-electron chi connectivity index (χ3n) is 4.39. The van der Waals surface area contributed by atoms with E-state index in [-0.39, 0.29) is 12.2 Å². The van der Waals surface area contributed by atoms with Crippen LogP contribution < -0.4 is 0 Å². The quantitative estimate of drug-likeness (QED) is 0.686. The fourth-order valence-electron chi connectivity index (χ4n) is 3.08. The van der Waals surface area contributed by atoms with Crippen molar-refractivity contribution in [2.75, 3.05) is 0 Å². The van der Waals surface area contributed by atoms with Gasteiger partial charge in [-0.1, -0.05) is 51.0 Å². The van der Waals surface area contributed by atoms with E-state index >= 15 is 0 Å². The lowest BCUT2D eigenvalue weighted by molar-refractivity contribution is -0.190. The predicted octanol–water partition coefficient (Wildman–Crippen LogP) is 5.36. The first-order valence-corrected chi connectivity index (χ1v) is 7.51. The molecule has 0 spiro atoms. The summed E-state index contributed by atoms with van der Waals surface area (Å²) < 4.78 is 39.3. The number of carbonyl (C=O) groups is 1. The average molecular weight is 298 g/mol. The van der Waals surface area contributed by atoms with Crippen LogP contribution in [0, 0.1) is 11.8 Å². The first kappa shape index (κ1) is 16.1. The molecule has 0 N–H and O–H groups in total. The maximum Gasteiger partial charge on any atom is 0.392 e. The van der Waals surface area contributed by atoms with Gasteiger partial charge in [0.25, 0.3) is 0 Å². The van der Waals surface area contributed by atoms with Crippen LogP contribution in [0.5, 0.6) is 0 Å². The third kappa shape index (κ3) is 3.66. The van der Waals surface area contributed by atoms with E-state index in [0.29, 0.717) is 30.7 Å². The van der Waals surface area contributed by atoms with E-state index in [4.69, 9.17) is 0 Å². The van der Waals surface area contributed by atoms with Gasteiger partial charge in [0.05, 0.1) is 5.92 Å². The van der Waals surface area contributed by atoms with Gasteiger partial charge in [0.15, 0.2) is 5.78 Å². The van der Waals surface area contributed by atoms with Crippen LogP contribution in [-0.4, -0.2) is 12.0 Å². The van der Waals surface area contributed by atoms with Gasteiger partial charge < -0.3 is 0 Å². The Kier molecular flexibility index (Phi) is 4.74. The lowest BCUT2D eigenvalue weighted by atomic mass is 9.75. The predicted molar refractivity (Wildman–Crippen MR) is 76.4 cm³/mol. The summed E-state index contributed by atoms with van der Waals surface area (Å²) in [5.74, 6) is -2.41. The first-order valence-electron chi connectivity index (χ1n) is 7.51. The maximum atomic E-state index is 13.1. The molecule has 2 unspecified atom stereocenters. The second-order valence-electron chi connectivity index (χ2n) is 6.18. The molecule has 0 amide bonds. The molecule has 116 valence electrons. The molecule has 0 radical (unpaired) electrons. The highest BCUT2D eigenvalue weighted by atomic mass is 19.4. The number of benzene rings is 1. The van der Waals surface area contributed by atoms with E-state index in [9.17, 15) is 18.0 Å². The maximum absolute atomic E-state index is 13.1. The highest BCUT2D eigenvalue weighted by molar-refractivity contribution is 5.98. The number of ketones is 1. The van der Waals surface area contributed by atoms with Crippen molar-refractivity contribution in [3.8, 4) is 0 Å². The van der Waals surface area contributed by atoms with Crippen molar-refractivity contribution in [3.05, 3.63) is 35.4 Å². The summed E-state index contributed by atoms with van der Waals surface area (Å²) in [6.45, 7) is 4.08. The molecule has 2 atom stereocenters. The van der Waals surface area contributed by atoms with Crippen LogP contribution in [0.4, 0.5) is 13.2 Å². The van der Waals surface area contributed by atoms with Gasteiger partial charge in [0.2, 0.25) is 0 Å². The molecule has 0 bridgehead atoms. The Bertz CT molecular complexity index is 488. The van der Waals surface area contributed by atoms with Gasteiger partial charge in [0, 0.05) is 11.5 Å².